The minimum atomic E-state index is 0.464. The second kappa shape index (κ2) is 5.24. The van der Waals surface area contributed by atoms with E-state index in [-0.39, 0.29) is 0 Å². The van der Waals surface area contributed by atoms with Gasteiger partial charge < -0.3 is 5.32 Å². The summed E-state index contributed by atoms with van der Waals surface area (Å²) >= 11 is 3.69. The first-order valence-corrected chi connectivity index (χ1v) is 7.68. The second-order valence-electron chi connectivity index (χ2n) is 6.69. The number of hydrogen-bond acceptors (Lipinski definition) is 1. The molecule has 1 aromatic carbocycles. The van der Waals surface area contributed by atoms with Crippen LogP contribution in [0.25, 0.3) is 0 Å². The summed E-state index contributed by atoms with van der Waals surface area (Å²) in [5.74, 6) is 0.815. The number of hydrogen-bond donors (Lipinski definition) is 1. The average molecular weight is 310 g/mol. The summed E-state index contributed by atoms with van der Waals surface area (Å²) in [6.07, 6.45) is 3.89. The Bertz CT molecular complexity index is 425. The molecule has 2 unspecified atom stereocenters. The van der Waals surface area contributed by atoms with Gasteiger partial charge in [0.05, 0.1) is 0 Å². The molecule has 1 fully saturated rings. The van der Waals surface area contributed by atoms with Crippen molar-refractivity contribution in [1.29, 1.82) is 0 Å². The lowest BCUT2D eigenvalue weighted by Crippen LogP contribution is -2.35. The molecule has 0 amide bonds. The SMILES string of the molecule is Cc1cccc(NC2CC(C)CC(C)(C)C2)c1Br. The van der Waals surface area contributed by atoms with E-state index < -0.39 is 0 Å². The Morgan fingerprint density at radius 2 is 2.00 bits per heavy atom. The van der Waals surface area contributed by atoms with Crippen molar-refractivity contribution in [3.63, 3.8) is 0 Å². The van der Waals surface area contributed by atoms with Crippen molar-refractivity contribution in [2.75, 3.05) is 5.32 Å². The third kappa shape index (κ3) is 3.28. The van der Waals surface area contributed by atoms with Crippen molar-refractivity contribution in [2.24, 2.45) is 11.3 Å². The predicted octanol–water partition coefficient (Wildman–Crippen LogP) is 5.38. The fourth-order valence-electron chi connectivity index (χ4n) is 3.43. The summed E-state index contributed by atoms with van der Waals surface area (Å²) < 4.78 is 1.21. The van der Waals surface area contributed by atoms with Gasteiger partial charge in [-0.25, -0.2) is 0 Å². The molecule has 0 spiro atoms. The van der Waals surface area contributed by atoms with Crippen LogP contribution in [0.15, 0.2) is 22.7 Å². The molecule has 0 bridgehead atoms. The van der Waals surface area contributed by atoms with E-state index in [1.54, 1.807) is 0 Å². The van der Waals surface area contributed by atoms with E-state index >= 15 is 0 Å². The van der Waals surface area contributed by atoms with Crippen molar-refractivity contribution in [3.8, 4) is 0 Å². The van der Waals surface area contributed by atoms with E-state index in [4.69, 9.17) is 0 Å². The van der Waals surface area contributed by atoms with E-state index in [2.05, 4.69) is 67.1 Å². The molecule has 18 heavy (non-hydrogen) atoms. The molecule has 100 valence electrons. The van der Waals surface area contributed by atoms with E-state index in [0.29, 0.717) is 11.5 Å². The second-order valence-corrected chi connectivity index (χ2v) is 7.48. The maximum Gasteiger partial charge on any atom is 0.0489 e. The molecule has 1 N–H and O–H groups in total. The minimum absolute atomic E-state index is 0.464. The lowest BCUT2D eigenvalue weighted by Gasteiger charge is -2.39. The van der Waals surface area contributed by atoms with Crippen molar-refractivity contribution in [2.45, 2.75) is 53.0 Å². The van der Waals surface area contributed by atoms with E-state index in [9.17, 15) is 0 Å². The molecule has 0 aromatic heterocycles. The first-order valence-electron chi connectivity index (χ1n) is 6.89. The Morgan fingerprint density at radius 1 is 1.28 bits per heavy atom. The third-order valence-corrected chi connectivity index (χ3v) is 4.99. The molecule has 0 saturated heterocycles. The van der Waals surface area contributed by atoms with Gasteiger partial charge >= 0.3 is 0 Å². The normalized spacial score (nSPS) is 26.9. The highest BCUT2D eigenvalue weighted by Gasteiger charge is 2.32. The quantitative estimate of drug-likeness (QED) is 0.773. The van der Waals surface area contributed by atoms with Crippen LogP contribution in [0.5, 0.6) is 0 Å². The number of benzene rings is 1. The smallest absolute Gasteiger partial charge is 0.0489 e. The summed E-state index contributed by atoms with van der Waals surface area (Å²) in [6.45, 7) is 9.30. The summed E-state index contributed by atoms with van der Waals surface area (Å²) in [6, 6.07) is 7.04. The van der Waals surface area contributed by atoms with Crippen LogP contribution in [0.4, 0.5) is 5.69 Å². The number of nitrogens with one attached hydrogen (secondary N) is 1. The largest absolute Gasteiger partial charge is 0.381 e. The van der Waals surface area contributed by atoms with Gasteiger partial charge in [-0.3, -0.25) is 0 Å². The highest BCUT2D eigenvalue weighted by atomic mass is 79.9. The van der Waals surface area contributed by atoms with Gasteiger partial charge in [-0.05, 0) is 65.1 Å². The lowest BCUT2D eigenvalue weighted by atomic mass is 9.70. The molecule has 1 aliphatic carbocycles. The zero-order valence-electron chi connectivity index (χ0n) is 11.9. The topological polar surface area (TPSA) is 12.0 Å². The Balaban J connectivity index is 2.11. The van der Waals surface area contributed by atoms with Crippen LogP contribution in [0, 0.1) is 18.3 Å². The molecular formula is C16H24BrN. The summed E-state index contributed by atoms with van der Waals surface area (Å²) in [5.41, 5.74) is 3.00. The van der Waals surface area contributed by atoms with Crippen LogP contribution in [0.1, 0.15) is 45.6 Å². The van der Waals surface area contributed by atoms with Gasteiger partial charge in [0, 0.05) is 16.2 Å². The van der Waals surface area contributed by atoms with E-state index in [0.717, 1.165) is 5.92 Å². The number of aryl methyl sites for hydroxylation is 1. The van der Waals surface area contributed by atoms with E-state index in [1.165, 1.54) is 35.0 Å². The summed E-state index contributed by atoms with van der Waals surface area (Å²) in [4.78, 5) is 0. The van der Waals surface area contributed by atoms with Crippen molar-refractivity contribution in [1.82, 2.24) is 0 Å². The minimum Gasteiger partial charge on any atom is -0.381 e. The van der Waals surface area contributed by atoms with Crippen LogP contribution in [0.2, 0.25) is 0 Å². The lowest BCUT2D eigenvalue weighted by molar-refractivity contribution is 0.178. The molecule has 0 radical (unpaired) electrons. The Morgan fingerprint density at radius 3 is 2.67 bits per heavy atom. The molecule has 1 aromatic rings. The van der Waals surface area contributed by atoms with Crippen LogP contribution in [-0.4, -0.2) is 6.04 Å². The zero-order chi connectivity index (χ0) is 13.3. The molecule has 2 atom stereocenters. The van der Waals surface area contributed by atoms with Gasteiger partial charge in [-0.1, -0.05) is 32.9 Å². The van der Waals surface area contributed by atoms with Gasteiger partial charge in [0.2, 0.25) is 0 Å². The van der Waals surface area contributed by atoms with Gasteiger partial charge in [0.15, 0.2) is 0 Å². The zero-order valence-corrected chi connectivity index (χ0v) is 13.5. The fraction of sp³-hybridized carbons (Fsp3) is 0.625. The van der Waals surface area contributed by atoms with E-state index in [1.807, 2.05) is 0 Å². The van der Waals surface area contributed by atoms with Gasteiger partial charge in [-0.15, -0.1) is 0 Å². The first-order chi connectivity index (χ1) is 8.37. The Kier molecular flexibility index (Phi) is 4.05. The average Bonchev–Trinajstić information content (AvgIpc) is 2.22. The molecule has 2 rings (SSSR count). The number of rotatable bonds is 2. The highest BCUT2D eigenvalue weighted by molar-refractivity contribution is 9.10. The van der Waals surface area contributed by atoms with Crippen molar-refractivity contribution < 1.29 is 0 Å². The maximum absolute atomic E-state index is 3.73. The first kappa shape index (κ1) is 13.9. The van der Waals surface area contributed by atoms with Crippen LogP contribution in [0.3, 0.4) is 0 Å². The number of anilines is 1. The number of halogens is 1. The third-order valence-electron chi connectivity index (χ3n) is 3.94. The molecule has 1 nitrogen and oxygen atoms in total. The van der Waals surface area contributed by atoms with Crippen molar-refractivity contribution >= 4 is 21.6 Å². The molecule has 1 saturated carbocycles. The van der Waals surface area contributed by atoms with Gasteiger partial charge in [0.25, 0.3) is 0 Å². The summed E-state index contributed by atoms with van der Waals surface area (Å²) in [7, 11) is 0. The van der Waals surface area contributed by atoms with Crippen LogP contribution in [-0.2, 0) is 0 Å². The summed E-state index contributed by atoms with van der Waals surface area (Å²) in [5, 5.41) is 3.73. The Hall–Kier alpha value is -0.500. The Labute approximate surface area is 119 Å². The molecule has 0 aliphatic heterocycles. The van der Waals surface area contributed by atoms with Crippen LogP contribution < -0.4 is 5.32 Å². The molecule has 0 heterocycles. The molecule has 1 aliphatic rings. The van der Waals surface area contributed by atoms with Crippen molar-refractivity contribution in [3.05, 3.63) is 28.2 Å². The molecule has 2 heteroatoms. The highest BCUT2D eigenvalue weighted by Crippen LogP contribution is 2.40. The van der Waals surface area contributed by atoms with Gasteiger partial charge in [-0.2, -0.15) is 0 Å². The predicted molar refractivity (Wildman–Crippen MR) is 83.1 cm³/mol. The fourth-order valence-corrected chi connectivity index (χ4v) is 3.81. The standard InChI is InChI=1S/C16H24BrN/c1-11-8-13(10-16(3,4)9-11)18-14-7-5-6-12(2)15(14)17/h5-7,11,13,18H,8-10H2,1-4H3. The monoisotopic (exact) mass is 309 g/mol. The van der Waals surface area contributed by atoms with Crippen LogP contribution >= 0.6 is 15.9 Å². The molecular weight excluding hydrogens is 286 g/mol. The van der Waals surface area contributed by atoms with Gasteiger partial charge in [0.1, 0.15) is 0 Å². The maximum atomic E-state index is 3.73.